The number of nitrogens with one attached hydrogen (secondary N) is 1. The minimum absolute atomic E-state index is 0.0628. The predicted octanol–water partition coefficient (Wildman–Crippen LogP) is 1.34. The van der Waals surface area contributed by atoms with Crippen molar-refractivity contribution in [2.45, 2.75) is 26.3 Å². The number of amides is 1. The predicted molar refractivity (Wildman–Crippen MR) is 98.0 cm³/mol. The molecule has 154 valence electrons. The van der Waals surface area contributed by atoms with Crippen LogP contribution in [0.15, 0.2) is 18.2 Å². The molecule has 28 heavy (non-hydrogen) atoms. The van der Waals surface area contributed by atoms with Crippen LogP contribution in [0, 0.1) is 5.92 Å². The van der Waals surface area contributed by atoms with E-state index in [2.05, 4.69) is 14.8 Å². The monoisotopic (exact) mass is 395 g/mol. The molecule has 0 saturated carbocycles. The van der Waals surface area contributed by atoms with Crippen molar-refractivity contribution in [3.8, 4) is 5.75 Å². The summed E-state index contributed by atoms with van der Waals surface area (Å²) in [5.74, 6) is -2.51. The SMILES string of the molecule is CC[C@H](C)[C@H](NC(=O)COc1cc(C(=O)OC)cc(C(=O)OC)c1)C(=O)OC. The van der Waals surface area contributed by atoms with Crippen LogP contribution in [0.2, 0.25) is 0 Å². The molecule has 0 fully saturated rings. The van der Waals surface area contributed by atoms with Gasteiger partial charge in [0.25, 0.3) is 5.91 Å². The van der Waals surface area contributed by atoms with Gasteiger partial charge in [-0.25, -0.2) is 14.4 Å². The van der Waals surface area contributed by atoms with Gasteiger partial charge in [0.15, 0.2) is 6.61 Å². The summed E-state index contributed by atoms with van der Waals surface area (Å²) in [6.45, 7) is 3.26. The Morgan fingerprint density at radius 3 is 1.89 bits per heavy atom. The minimum Gasteiger partial charge on any atom is -0.484 e. The van der Waals surface area contributed by atoms with Crippen LogP contribution < -0.4 is 10.1 Å². The first-order valence-electron chi connectivity index (χ1n) is 8.59. The van der Waals surface area contributed by atoms with E-state index in [1.54, 1.807) is 0 Å². The van der Waals surface area contributed by atoms with Gasteiger partial charge in [-0.3, -0.25) is 4.79 Å². The van der Waals surface area contributed by atoms with Crippen molar-refractivity contribution >= 4 is 23.8 Å². The Balaban J connectivity index is 2.92. The first kappa shape index (κ1) is 22.9. The van der Waals surface area contributed by atoms with E-state index in [1.165, 1.54) is 39.5 Å². The van der Waals surface area contributed by atoms with Gasteiger partial charge in [0.2, 0.25) is 0 Å². The fourth-order valence-electron chi connectivity index (χ4n) is 2.31. The zero-order valence-corrected chi connectivity index (χ0v) is 16.6. The van der Waals surface area contributed by atoms with E-state index in [0.717, 1.165) is 0 Å². The first-order chi connectivity index (χ1) is 13.3. The van der Waals surface area contributed by atoms with Gasteiger partial charge in [-0.1, -0.05) is 20.3 Å². The Labute approximate surface area is 163 Å². The van der Waals surface area contributed by atoms with E-state index in [4.69, 9.17) is 9.47 Å². The van der Waals surface area contributed by atoms with E-state index >= 15 is 0 Å². The molecule has 1 rings (SSSR count). The maximum Gasteiger partial charge on any atom is 0.338 e. The van der Waals surface area contributed by atoms with Crippen molar-refractivity contribution in [2.24, 2.45) is 5.92 Å². The van der Waals surface area contributed by atoms with Crippen LogP contribution in [0.3, 0.4) is 0 Å². The Morgan fingerprint density at radius 2 is 1.46 bits per heavy atom. The molecule has 2 atom stereocenters. The topological polar surface area (TPSA) is 117 Å². The summed E-state index contributed by atoms with van der Waals surface area (Å²) in [7, 11) is 3.64. The molecule has 0 heterocycles. The fourth-order valence-corrected chi connectivity index (χ4v) is 2.31. The molecule has 1 amide bonds. The average Bonchev–Trinajstić information content (AvgIpc) is 2.73. The minimum atomic E-state index is -0.807. The third-order valence-corrected chi connectivity index (χ3v) is 4.10. The average molecular weight is 395 g/mol. The number of carbonyl (C=O) groups is 4. The molecule has 0 radical (unpaired) electrons. The molecular formula is C19H25NO8. The summed E-state index contributed by atoms with van der Waals surface area (Å²) in [5.41, 5.74) is 0.126. The summed E-state index contributed by atoms with van der Waals surface area (Å²) < 4.78 is 19.4. The Bertz CT molecular complexity index is 696. The summed E-state index contributed by atoms with van der Waals surface area (Å²) in [6, 6.07) is 3.15. The standard InChI is InChI=1S/C19H25NO8/c1-6-11(2)16(19(24)27-5)20-15(21)10-28-14-8-12(17(22)25-3)7-13(9-14)18(23)26-4/h7-9,11,16H,6,10H2,1-5H3,(H,20,21)/t11-,16-/m0/s1. The third kappa shape index (κ3) is 6.26. The van der Waals surface area contributed by atoms with Crippen LogP contribution in [0.4, 0.5) is 0 Å². The summed E-state index contributed by atoms with van der Waals surface area (Å²) in [5, 5.41) is 2.56. The van der Waals surface area contributed by atoms with Gasteiger partial charge < -0.3 is 24.3 Å². The Hall–Kier alpha value is -3.10. The molecule has 1 N–H and O–H groups in total. The van der Waals surface area contributed by atoms with Crippen molar-refractivity contribution in [3.05, 3.63) is 29.3 Å². The zero-order chi connectivity index (χ0) is 21.3. The van der Waals surface area contributed by atoms with E-state index in [1.807, 2.05) is 13.8 Å². The number of hydrogen-bond acceptors (Lipinski definition) is 8. The molecule has 1 aromatic rings. The van der Waals surface area contributed by atoms with E-state index in [0.29, 0.717) is 6.42 Å². The maximum absolute atomic E-state index is 12.2. The van der Waals surface area contributed by atoms with Crippen molar-refractivity contribution in [1.29, 1.82) is 0 Å². The molecule has 0 bridgehead atoms. The van der Waals surface area contributed by atoms with Crippen LogP contribution in [-0.2, 0) is 23.8 Å². The number of carbonyl (C=O) groups excluding carboxylic acids is 4. The first-order valence-corrected chi connectivity index (χ1v) is 8.59. The third-order valence-electron chi connectivity index (χ3n) is 4.10. The van der Waals surface area contributed by atoms with Gasteiger partial charge in [-0.2, -0.15) is 0 Å². The molecule has 0 spiro atoms. The second-order valence-corrected chi connectivity index (χ2v) is 5.97. The van der Waals surface area contributed by atoms with Crippen molar-refractivity contribution in [3.63, 3.8) is 0 Å². The van der Waals surface area contributed by atoms with E-state index < -0.39 is 36.5 Å². The highest BCUT2D eigenvalue weighted by molar-refractivity contribution is 5.96. The molecule has 9 nitrogen and oxygen atoms in total. The van der Waals surface area contributed by atoms with Crippen molar-refractivity contribution < 1.29 is 38.1 Å². The molecule has 9 heteroatoms. The quantitative estimate of drug-likeness (QED) is 0.492. The molecule has 0 aliphatic heterocycles. The van der Waals surface area contributed by atoms with Crippen LogP contribution >= 0.6 is 0 Å². The Kier molecular flexibility index (Phi) is 8.94. The second-order valence-electron chi connectivity index (χ2n) is 5.97. The fraction of sp³-hybridized carbons (Fsp3) is 0.474. The van der Waals surface area contributed by atoms with Crippen LogP contribution in [0.25, 0.3) is 0 Å². The van der Waals surface area contributed by atoms with Gasteiger partial charge in [-0.05, 0) is 24.1 Å². The normalized spacial score (nSPS) is 12.3. The summed E-state index contributed by atoms with van der Waals surface area (Å²) in [6.07, 6.45) is 0.657. The van der Waals surface area contributed by atoms with E-state index in [9.17, 15) is 19.2 Å². The van der Waals surface area contributed by atoms with E-state index in [-0.39, 0.29) is 22.8 Å². The van der Waals surface area contributed by atoms with Crippen LogP contribution in [0.1, 0.15) is 41.0 Å². The van der Waals surface area contributed by atoms with Crippen molar-refractivity contribution in [2.75, 3.05) is 27.9 Å². The number of hydrogen-bond donors (Lipinski definition) is 1. The van der Waals surface area contributed by atoms with Gasteiger partial charge >= 0.3 is 17.9 Å². The van der Waals surface area contributed by atoms with Gasteiger partial charge in [0, 0.05) is 0 Å². The highest BCUT2D eigenvalue weighted by atomic mass is 16.5. The molecule has 0 aliphatic carbocycles. The lowest BCUT2D eigenvalue weighted by molar-refractivity contribution is -0.146. The van der Waals surface area contributed by atoms with Crippen LogP contribution in [-0.4, -0.2) is 57.8 Å². The van der Waals surface area contributed by atoms with Gasteiger partial charge in [0.05, 0.1) is 32.5 Å². The summed E-state index contributed by atoms with van der Waals surface area (Å²) >= 11 is 0. The molecule has 0 aliphatic rings. The zero-order valence-electron chi connectivity index (χ0n) is 16.6. The molecule has 1 aromatic carbocycles. The molecule has 0 unspecified atom stereocenters. The second kappa shape index (κ2) is 10.9. The highest BCUT2D eigenvalue weighted by Gasteiger charge is 2.26. The smallest absolute Gasteiger partial charge is 0.338 e. The lowest BCUT2D eigenvalue weighted by atomic mass is 9.99. The van der Waals surface area contributed by atoms with Crippen molar-refractivity contribution in [1.82, 2.24) is 5.32 Å². The number of ether oxygens (including phenoxy) is 4. The Morgan fingerprint density at radius 1 is 0.929 bits per heavy atom. The van der Waals surface area contributed by atoms with Crippen LogP contribution in [0.5, 0.6) is 5.75 Å². The summed E-state index contributed by atoms with van der Waals surface area (Å²) in [4.78, 5) is 47.6. The molecule has 0 saturated heterocycles. The lowest BCUT2D eigenvalue weighted by Crippen LogP contribution is -2.47. The molecular weight excluding hydrogens is 370 g/mol. The largest absolute Gasteiger partial charge is 0.484 e. The van der Waals surface area contributed by atoms with Gasteiger partial charge in [0.1, 0.15) is 11.8 Å². The number of rotatable bonds is 9. The lowest BCUT2D eigenvalue weighted by Gasteiger charge is -2.21. The maximum atomic E-state index is 12.2. The highest BCUT2D eigenvalue weighted by Crippen LogP contribution is 2.19. The van der Waals surface area contributed by atoms with Gasteiger partial charge in [-0.15, -0.1) is 0 Å². The number of benzene rings is 1. The number of esters is 3. The number of methoxy groups -OCH3 is 3. The molecule has 0 aromatic heterocycles.